The average Bonchev–Trinajstić information content (AvgIpc) is 3.04. The van der Waals surface area contributed by atoms with E-state index in [1.807, 2.05) is 0 Å². The summed E-state index contributed by atoms with van der Waals surface area (Å²) >= 11 is 5.95. The lowest BCUT2D eigenvalue weighted by atomic mass is 10.3. The van der Waals surface area contributed by atoms with Crippen molar-refractivity contribution in [3.63, 3.8) is 0 Å². The molecule has 23 heavy (non-hydrogen) atoms. The molecule has 2 rings (SSSR count). The smallest absolute Gasteiger partial charge is 0.331 e. The fraction of sp³-hybridized carbons (Fsp3) is 0.125. The lowest BCUT2D eigenvalue weighted by Crippen LogP contribution is -2.20. The molecule has 0 atom stereocenters. The van der Waals surface area contributed by atoms with Gasteiger partial charge >= 0.3 is 5.97 Å². The summed E-state index contributed by atoms with van der Waals surface area (Å²) in [5.74, 6) is -0.117. The monoisotopic (exact) mass is 335 g/mol. The predicted octanol–water partition coefficient (Wildman–Crippen LogP) is 3.14. The van der Waals surface area contributed by atoms with Crippen LogP contribution in [0.4, 0.5) is 5.69 Å². The van der Waals surface area contributed by atoms with Crippen molar-refractivity contribution < 1.29 is 23.5 Å². The number of hydrogen-bond donors (Lipinski definition) is 1. The lowest BCUT2D eigenvalue weighted by molar-refractivity contribution is -0.142. The summed E-state index contributed by atoms with van der Waals surface area (Å²) in [5.41, 5.74) is 0.475. The Kier molecular flexibility index (Phi) is 5.82. The Hall–Kier alpha value is -2.73. The fourth-order valence-corrected chi connectivity index (χ4v) is 1.92. The number of nitrogens with one attached hydrogen (secondary N) is 1. The maximum Gasteiger partial charge on any atom is 0.331 e. The molecule has 0 fully saturated rings. The van der Waals surface area contributed by atoms with Gasteiger partial charge in [0.2, 0.25) is 0 Å². The number of esters is 1. The highest BCUT2D eigenvalue weighted by atomic mass is 35.5. The topological polar surface area (TPSA) is 77.8 Å². The zero-order chi connectivity index (χ0) is 16.7. The number of benzene rings is 1. The Morgan fingerprint density at radius 2 is 2.17 bits per heavy atom. The lowest BCUT2D eigenvalue weighted by Gasteiger charge is -2.08. The molecule has 0 aliphatic carbocycles. The highest BCUT2D eigenvalue weighted by molar-refractivity contribution is 6.32. The standard InChI is InChI=1S/C16H14ClNO5/c1-21-14-6-4-11(9-13(14)17)18-15(19)10-23-16(20)7-5-12-3-2-8-22-12/h2-9H,10H2,1H3,(H,18,19). The van der Waals surface area contributed by atoms with Crippen molar-refractivity contribution in [2.75, 3.05) is 19.0 Å². The van der Waals surface area contributed by atoms with Gasteiger partial charge in [0.15, 0.2) is 6.61 Å². The van der Waals surface area contributed by atoms with Gasteiger partial charge in [-0.25, -0.2) is 4.79 Å². The number of ether oxygens (including phenoxy) is 2. The van der Waals surface area contributed by atoms with Crippen LogP contribution in [0.15, 0.2) is 47.1 Å². The molecule has 1 heterocycles. The van der Waals surface area contributed by atoms with Crippen LogP contribution in [0.2, 0.25) is 5.02 Å². The Morgan fingerprint density at radius 1 is 1.35 bits per heavy atom. The minimum atomic E-state index is -0.649. The summed E-state index contributed by atoms with van der Waals surface area (Å²) < 4.78 is 14.8. The van der Waals surface area contributed by atoms with Gasteiger partial charge in [-0.2, -0.15) is 0 Å². The van der Waals surface area contributed by atoms with E-state index in [0.717, 1.165) is 0 Å². The van der Waals surface area contributed by atoms with Crippen molar-refractivity contribution in [1.82, 2.24) is 0 Å². The Labute approximate surface area is 137 Å². The largest absolute Gasteiger partial charge is 0.495 e. The van der Waals surface area contributed by atoms with Gasteiger partial charge in [-0.05, 0) is 36.4 Å². The van der Waals surface area contributed by atoms with Gasteiger partial charge in [-0.15, -0.1) is 0 Å². The van der Waals surface area contributed by atoms with Gasteiger partial charge in [0.25, 0.3) is 5.91 Å². The Morgan fingerprint density at radius 3 is 2.83 bits per heavy atom. The molecule has 2 aromatic rings. The molecule has 0 saturated carbocycles. The molecule has 0 aliphatic heterocycles. The zero-order valence-electron chi connectivity index (χ0n) is 12.2. The summed E-state index contributed by atoms with van der Waals surface area (Å²) in [6.45, 7) is -0.412. The van der Waals surface area contributed by atoms with Crippen molar-refractivity contribution in [1.29, 1.82) is 0 Å². The molecular weight excluding hydrogens is 322 g/mol. The first-order valence-electron chi connectivity index (χ1n) is 6.60. The van der Waals surface area contributed by atoms with Crippen LogP contribution in [0.1, 0.15) is 5.76 Å². The van der Waals surface area contributed by atoms with Gasteiger partial charge in [0, 0.05) is 11.8 Å². The van der Waals surface area contributed by atoms with Crippen LogP contribution in [0.25, 0.3) is 6.08 Å². The maximum absolute atomic E-state index is 11.7. The van der Waals surface area contributed by atoms with E-state index in [-0.39, 0.29) is 0 Å². The third kappa shape index (κ3) is 5.19. The number of hydrogen-bond acceptors (Lipinski definition) is 5. The Balaban J connectivity index is 1.80. The number of amides is 1. The molecule has 0 aliphatic rings. The van der Waals surface area contributed by atoms with Crippen molar-refractivity contribution in [3.05, 3.63) is 53.5 Å². The molecule has 7 heteroatoms. The minimum Gasteiger partial charge on any atom is -0.495 e. The molecule has 120 valence electrons. The fourth-order valence-electron chi connectivity index (χ4n) is 1.66. The van der Waals surface area contributed by atoms with E-state index in [4.69, 9.17) is 25.5 Å². The quantitative estimate of drug-likeness (QED) is 0.648. The predicted molar refractivity (Wildman–Crippen MR) is 85.3 cm³/mol. The van der Waals surface area contributed by atoms with Crippen molar-refractivity contribution >= 4 is 35.2 Å². The number of methoxy groups -OCH3 is 1. The zero-order valence-corrected chi connectivity index (χ0v) is 13.0. The molecule has 1 amide bonds. The van der Waals surface area contributed by atoms with E-state index < -0.39 is 18.5 Å². The molecule has 1 aromatic heterocycles. The molecule has 0 spiro atoms. The molecule has 0 saturated heterocycles. The van der Waals surface area contributed by atoms with Crippen LogP contribution in [0, 0.1) is 0 Å². The van der Waals surface area contributed by atoms with E-state index in [2.05, 4.69) is 5.32 Å². The molecule has 6 nitrogen and oxygen atoms in total. The molecule has 1 aromatic carbocycles. The minimum absolute atomic E-state index is 0.365. The van der Waals surface area contributed by atoms with Crippen molar-refractivity contribution in [2.45, 2.75) is 0 Å². The van der Waals surface area contributed by atoms with Gasteiger partial charge in [-0.1, -0.05) is 11.6 Å². The maximum atomic E-state index is 11.7. The third-order valence-corrected chi connectivity index (χ3v) is 3.00. The normalized spacial score (nSPS) is 10.5. The first-order valence-corrected chi connectivity index (χ1v) is 6.98. The second kappa shape index (κ2) is 8.05. The van der Waals surface area contributed by atoms with Gasteiger partial charge in [0.05, 0.1) is 18.4 Å². The highest BCUT2D eigenvalue weighted by Gasteiger charge is 2.08. The summed E-state index contributed by atoms with van der Waals surface area (Å²) in [7, 11) is 1.50. The van der Waals surface area contributed by atoms with Gasteiger partial charge in [-0.3, -0.25) is 4.79 Å². The van der Waals surface area contributed by atoms with E-state index >= 15 is 0 Å². The van der Waals surface area contributed by atoms with Crippen LogP contribution in [-0.4, -0.2) is 25.6 Å². The van der Waals surface area contributed by atoms with Crippen molar-refractivity contribution in [2.24, 2.45) is 0 Å². The van der Waals surface area contributed by atoms with Crippen LogP contribution in [-0.2, 0) is 14.3 Å². The molecule has 0 unspecified atom stereocenters. The van der Waals surface area contributed by atoms with E-state index in [1.54, 1.807) is 24.3 Å². The van der Waals surface area contributed by atoms with Crippen LogP contribution in [0.3, 0.4) is 0 Å². The van der Waals surface area contributed by atoms with Gasteiger partial charge in [0.1, 0.15) is 11.5 Å². The van der Waals surface area contributed by atoms with Crippen LogP contribution in [0.5, 0.6) is 5.75 Å². The first-order chi connectivity index (χ1) is 11.1. The van der Waals surface area contributed by atoms with E-state index in [0.29, 0.717) is 22.2 Å². The highest BCUT2D eigenvalue weighted by Crippen LogP contribution is 2.27. The first kappa shape index (κ1) is 16.6. The summed E-state index contributed by atoms with van der Waals surface area (Å²) in [4.78, 5) is 23.2. The molecule has 1 N–H and O–H groups in total. The number of anilines is 1. The van der Waals surface area contributed by atoms with Crippen LogP contribution >= 0.6 is 11.6 Å². The summed E-state index contributed by atoms with van der Waals surface area (Å²) in [6, 6.07) is 8.16. The summed E-state index contributed by atoms with van der Waals surface area (Å²) in [5, 5.41) is 2.92. The second-order valence-electron chi connectivity index (χ2n) is 4.35. The Bertz CT molecular complexity index is 709. The van der Waals surface area contributed by atoms with Crippen LogP contribution < -0.4 is 10.1 Å². The number of halogens is 1. The van der Waals surface area contributed by atoms with E-state index in [9.17, 15) is 9.59 Å². The second-order valence-corrected chi connectivity index (χ2v) is 4.76. The van der Waals surface area contributed by atoms with Gasteiger partial charge < -0.3 is 19.2 Å². The van der Waals surface area contributed by atoms with E-state index in [1.165, 1.54) is 31.6 Å². The van der Waals surface area contributed by atoms with Crippen molar-refractivity contribution in [3.8, 4) is 5.75 Å². The number of carbonyl (C=O) groups excluding carboxylic acids is 2. The summed E-state index contributed by atoms with van der Waals surface area (Å²) in [6.07, 6.45) is 4.11. The number of rotatable bonds is 6. The SMILES string of the molecule is COc1ccc(NC(=O)COC(=O)C=Cc2ccco2)cc1Cl. The molecular formula is C16H14ClNO5. The molecule has 0 bridgehead atoms. The average molecular weight is 336 g/mol. The number of carbonyl (C=O) groups is 2. The third-order valence-electron chi connectivity index (χ3n) is 2.71. The molecule has 0 radical (unpaired) electrons. The number of furan rings is 1.